The standard InChI is InChI=1S/C14H16ClN5O/c15-12-3-1-11(2-4-12)9-16-14(21)19-7-5-13(10-19)20-8-6-17-18-20/h1-4,6,8,13H,5,7,9-10H2,(H,16,21). The summed E-state index contributed by atoms with van der Waals surface area (Å²) in [5.74, 6) is 0. The van der Waals surface area contributed by atoms with E-state index in [2.05, 4.69) is 15.6 Å². The maximum absolute atomic E-state index is 12.1. The summed E-state index contributed by atoms with van der Waals surface area (Å²) in [5.41, 5.74) is 1.03. The van der Waals surface area contributed by atoms with E-state index in [0.29, 0.717) is 18.1 Å². The number of halogens is 1. The second-order valence-corrected chi connectivity index (χ2v) is 5.49. The SMILES string of the molecule is O=C(NCc1ccc(Cl)cc1)N1CCC(n2ccnn2)C1. The first-order valence-corrected chi connectivity index (χ1v) is 7.23. The van der Waals surface area contributed by atoms with E-state index in [1.807, 2.05) is 40.0 Å². The van der Waals surface area contributed by atoms with E-state index < -0.39 is 0 Å². The molecule has 1 fully saturated rings. The number of nitrogens with zero attached hydrogens (tertiary/aromatic N) is 4. The minimum atomic E-state index is -0.0486. The molecule has 1 unspecified atom stereocenters. The lowest BCUT2D eigenvalue weighted by molar-refractivity contribution is 0.206. The monoisotopic (exact) mass is 305 g/mol. The molecule has 0 spiro atoms. The molecular weight excluding hydrogens is 290 g/mol. The van der Waals surface area contributed by atoms with Crippen LogP contribution in [-0.2, 0) is 6.54 Å². The number of rotatable bonds is 3. The van der Waals surface area contributed by atoms with Crippen LogP contribution in [0, 0.1) is 0 Å². The van der Waals surface area contributed by atoms with E-state index >= 15 is 0 Å². The molecule has 0 bridgehead atoms. The average Bonchev–Trinajstić information content (AvgIpc) is 3.17. The summed E-state index contributed by atoms with van der Waals surface area (Å²) in [6.45, 7) is 1.90. The Morgan fingerprint density at radius 1 is 1.38 bits per heavy atom. The molecule has 1 aliphatic rings. The van der Waals surface area contributed by atoms with Crippen LogP contribution in [0.4, 0.5) is 4.79 Å². The van der Waals surface area contributed by atoms with Crippen molar-refractivity contribution in [2.45, 2.75) is 19.0 Å². The van der Waals surface area contributed by atoms with E-state index in [9.17, 15) is 4.79 Å². The molecule has 110 valence electrons. The van der Waals surface area contributed by atoms with E-state index in [1.165, 1.54) is 0 Å². The molecule has 2 aromatic rings. The number of urea groups is 1. The molecule has 7 heteroatoms. The number of hydrogen-bond donors (Lipinski definition) is 1. The van der Waals surface area contributed by atoms with Gasteiger partial charge in [-0.2, -0.15) is 0 Å². The van der Waals surface area contributed by atoms with Crippen molar-refractivity contribution in [1.82, 2.24) is 25.2 Å². The van der Waals surface area contributed by atoms with Crippen molar-refractivity contribution < 1.29 is 4.79 Å². The lowest BCUT2D eigenvalue weighted by Crippen LogP contribution is -2.38. The first-order valence-electron chi connectivity index (χ1n) is 6.85. The molecule has 21 heavy (non-hydrogen) atoms. The summed E-state index contributed by atoms with van der Waals surface area (Å²) >= 11 is 5.83. The summed E-state index contributed by atoms with van der Waals surface area (Å²) in [7, 11) is 0. The smallest absolute Gasteiger partial charge is 0.317 e. The van der Waals surface area contributed by atoms with E-state index in [1.54, 1.807) is 6.20 Å². The molecule has 2 amide bonds. The van der Waals surface area contributed by atoms with Crippen molar-refractivity contribution in [3.05, 3.63) is 47.2 Å². The third-order valence-electron chi connectivity index (χ3n) is 3.62. The molecule has 0 saturated carbocycles. The zero-order chi connectivity index (χ0) is 14.7. The van der Waals surface area contributed by atoms with Crippen LogP contribution in [0.1, 0.15) is 18.0 Å². The summed E-state index contributed by atoms with van der Waals surface area (Å²) in [5, 5.41) is 11.4. The Morgan fingerprint density at radius 3 is 2.90 bits per heavy atom. The first-order chi connectivity index (χ1) is 10.2. The van der Waals surface area contributed by atoms with Gasteiger partial charge in [-0.15, -0.1) is 5.10 Å². The molecule has 1 saturated heterocycles. The number of carbonyl (C=O) groups excluding carboxylic acids is 1. The van der Waals surface area contributed by atoms with Crippen LogP contribution in [0.3, 0.4) is 0 Å². The summed E-state index contributed by atoms with van der Waals surface area (Å²) in [6.07, 6.45) is 4.39. The largest absolute Gasteiger partial charge is 0.334 e. The molecule has 3 rings (SSSR count). The van der Waals surface area contributed by atoms with Crippen molar-refractivity contribution in [3.8, 4) is 0 Å². The van der Waals surface area contributed by atoms with Gasteiger partial charge in [-0.3, -0.25) is 0 Å². The van der Waals surface area contributed by atoms with E-state index in [0.717, 1.165) is 18.5 Å². The van der Waals surface area contributed by atoms with Crippen LogP contribution < -0.4 is 5.32 Å². The normalized spacial score (nSPS) is 18.0. The van der Waals surface area contributed by atoms with E-state index in [4.69, 9.17) is 11.6 Å². The molecule has 0 aliphatic carbocycles. The second kappa shape index (κ2) is 6.13. The average molecular weight is 306 g/mol. The third-order valence-corrected chi connectivity index (χ3v) is 3.87. The van der Waals surface area contributed by atoms with Gasteiger partial charge in [0.15, 0.2) is 0 Å². The van der Waals surface area contributed by atoms with Crippen molar-refractivity contribution in [3.63, 3.8) is 0 Å². The number of likely N-dealkylation sites (tertiary alicyclic amines) is 1. The highest BCUT2D eigenvalue weighted by atomic mass is 35.5. The Morgan fingerprint density at radius 2 is 2.19 bits per heavy atom. The molecule has 6 nitrogen and oxygen atoms in total. The fraction of sp³-hybridized carbons (Fsp3) is 0.357. The second-order valence-electron chi connectivity index (χ2n) is 5.06. The Bertz CT molecular complexity index is 598. The van der Waals surface area contributed by atoms with Gasteiger partial charge in [0.25, 0.3) is 0 Å². The predicted molar refractivity (Wildman–Crippen MR) is 78.9 cm³/mol. The summed E-state index contributed by atoms with van der Waals surface area (Å²) < 4.78 is 1.81. The summed E-state index contributed by atoms with van der Waals surface area (Å²) in [4.78, 5) is 14.0. The number of aromatic nitrogens is 3. The van der Waals surface area contributed by atoms with E-state index in [-0.39, 0.29) is 12.1 Å². The van der Waals surface area contributed by atoms with Gasteiger partial charge in [-0.1, -0.05) is 28.9 Å². The first kappa shape index (κ1) is 13.9. The molecule has 1 aliphatic heterocycles. The highest BCUT2D eigenvalue weighted by molar-refractivity contribution is 6.30. The Kier molecular flexibility index (Phi) is 4.06. The Labute approximate surface area is 127 Å². The van der Waals surface area contributed by atoms with Gasteiger partial charge in [0, 0.05) is 30.9 Å². The topological polar surface area (TPSA) is 63.1 Å². The Balaban J connectivity index is 1.51. The molecule has 1 atom stereocenters. The molecule has 2 heterocycles. The van der Waals surface area contributed by atoms with Crippen LogP contribution in [0.25, 0.3) is 0 Å². The van der Waals surface area contributed by atoms with Crippen molar-refractivity contribution in [2.75, 3.05) is 13.1 Å². The van der Waals surface area contributed by atoms with Gasteiger partial charge >= 0.3 is 6.03 Å². The number of amides is 2. The molecule has 1 N–H and O–H groups in total. The predicted octanol–water partition coefficient (Wildman–Crippen LogP) is 2.09. The van der Waals surface area contributed by atoms with Crippen LogP contribution in [0.5, 0.6) is 0 Å². The minimum absolute atomic E-state index is 0.0486. The van der Waals surface area contributed by atoms with Crippen molar-refractivity contribution >= 4 is 17.6 Å². The zero-order valence-corrected chi connectivity index (χ0v) is 12.2. The zero-order valence-electron chi connectivity index (χ0n) is 11.4. The maximum atomic E-state index is 12.1. The summed E-state index contributed by atoms with van der Waals surface area (Å²) in [6, 6.07) is 7.62. The van der Waals surface area contributed by atoms with Gasteiger partial charge in [0.1, 0.15) is 0 Å². The molecule has 1 aromatic heterocycles. The molecule has 0 radical (unpaired) electrons. The van der Waals surface area contributed by atoms with Gasteiger partial charge in [-0.05, 0) is 24.1 Å². The number of hydrogen-bond acceptors (Lipinski definition) is 3. The lowest BCUT2D eigenvalue weighted by Gasteiger charge is -2.17. The van der Waals surface area contributed by atoms with Gasteiger partial charge in [0.05, 0.1) is 12.2 Å². The van der Waals surface area contributed by atoms with Crippen molar-refractivity contribution in [1.29, 1.82) is 0 Å². The lowest BCUT2D eigenvalue weighted by atomic mass is 10.2. The van der Waals surface area contributed by atoms with Crippen molar-refractivity contribution in [2.24, 2.45) is 0 Å². The quantitative estimate of drug-likeness (QED) is 0.944. The minimum Gasteiger partial charge on any atom is -0.334 e. The molecule has 1 aromatic carbocycles. The van der Waals surface area contributed by atoms with Crippen LogP contribution in [-0.4, -0.2) is 39.0 Å². The van der Waals surface area contributed by atoms with Gasteiger partial charge in [-0.25, -0.2) is 9.48 Å². The van der Waals surface area contributed by atoms with Gasteiger partial charge < -0.3 is 10.2 Å². The Hall–Kier alpha value is -2.08. The number of benzene rings is 1. The van der Waals surface area contributed by atoms with Crippen LogP contribution in [0.2, 0.25) is 5.02 Å². The molecular formula is C14H16ClN5O. The number of carbonyl (C=O) groups is 1. The maximum Gasteiger partial charge on any atom is 0.317 e. The fourth-order valence-electron chi connectivity index (χ4n) is 2.45. The van der Waals surface area contributed by atoms with Crippen LogP contribution in [0.15, 0.2) is 36.7 Å². The number of nitrogens with one attached hydrogen (secondary N) is 1. The van der Waals surface area contributed by atoms with Crippen LogP contribution >= 0.6 is 11.6 Å². The third kappa shape index (κ3) is 3.33. The highest BCUT2D eigenvalue weighted by Gasteiger charge is 2.27. The fourth-order valence-corrected chi connectivity index (χ4v) is 2.57. The highest BCUT2D eigenvalue weighted by Crippen LogP contribution is 2.20. The van der Waals surface area contributed by atoms with Gasteiger partial charge in [0.2, 0.25) is 0 Å².